The van der Waals surface area contributed by atoms with Gasteiger partial charge in [0.25, 0.3) is 0 Å². The van der Waals surface area contributed by atoms with Gasteiger partial charge in [-0.15, -0.1) is 0 Å². The van der Waals surface area contributed by atoms with Crippen molar-refractivity contribution in [1.29, 1.82) is 0 Å². The van der Waals surface area contributed by atoms with E-state index in [1.54, 1.807) is 6.20 Å². The minimum Gasteiger partial charge on any atom is -0.255 e. The van der Waals surface area contributed by atoms with Crippen LogP contribution in [0.4, 0.5) is 0 Å². The van der Waals surface area contributed by atoms with Crippen LogP contribution in [0.2, 0.25) is 0 Å². The van der Waals surface area contributed by atoms with Gasteiger partial charge in [-0.3, -0.25) is 9.97 Å². The van der Waals surface area contributed by atoms with Gasteiger partial charge in [0.05, 0.1) is 22.8 Å². The Morgan fingerprint density at radius 3 is 2.36 bits per heavy atom. The van der Waals surface area contributed by atoms with Gasteiger partial charge in [-0.1, -0.05) is 22.0 Å². The molecule has 110 valence electrons. The molecule has 0 unspecified atom stereocenters. The maximum Gasteiger partial charge on any atom is 0.0926 e. The summed E-state index contributed by atoms with van der Waals surface area (Å²) in [5, 5.41) is 0. The van der Waals surface area contributed by atoms with Crippen LogP contribution in [-0.4, -0.2) is 15.0 Å². The molecular weight excluding hydrogens is 338 g/mol. The minimum atomic E-state index is 0.859. The molecule has 0 radical (unpaired) electrons. The summed E-state index contributed by atoms with van der Waals surface area (Å²) in [5.41, 5.74) is 6.96. The van der Waals surface area contributed by atoms with Crippen molar-refractivity contribution in [3.05, 3.63) is 63.9 Å². The molecule has 0 saturated heterocycles. The van der Waals surface area contributed by atoms with E-state index < -0.39 is 0 Å². The van der Waals surface area contributed by atoms with Crippen molar-refractivity contribution in [1.82, 2.24) is 15.0 Å². The summed E-state index contributed by atoms with van der Waals surface area (Å²) in [6.07, 6.45) is 3.65. The van der Waals surface area contributed by atoms with Crippen LogP contribution < -0.4 is 0 Å². The van der Waals surface area contributed by atoms with Crippen molar-refractivity contribution in [2.45, 2.75) is 20.8 Å². The summed E-state index contributed by atoms with van der Waals surface area (Å²) in [6.45, 7) is 6.19. The molecule has 0 fully saturated rings. The first-order valence-corrected chi connectivity index (χ1v) is 7.87. The molecule has 3 aromatic heterocycles. The highest BCUT2D eigenvalue weighted by atomic mass is 79.9. The standard InChI is InChI=1S/C18H16BrN3/c1-11-8-17(16-9-14(19)12(2)10-21-16)22-18(13(11)3)15-6-4-5-7-20-15/h4-10H,1-3H3. The van der Waals surface area contributed by atoms with Crippen LogP contribution in [0.1, 0.15) is 16.7 Å². The molecule has 4 heteroatoms. The number of aryl methyl sites for hydroxylation is 2. The summed E-state index contributed by atoms with van der Waals surface area (Å²) in [4.78, 5) is 13.7. The maximum absolute atomic E-state index is 4.80. The van der Waals surface area contributed by atoms with Gasteiger partial charge >= 0.3 is 0 Å². The summed E-state index contributed by atoms with van der Waals surface area (Å²) in [6, 6.07) is 9.96. The monoisotopic (exact) mass is 353 g/mol. The Labute approximate surface area is 138 Å². The van der Waals surface area contributed by atoms with Crippen LogP contribution in [0.5, 0.6) is 0 Å². The fourth-order valence-electron chi connectivity index (χ4n) is 2.26. The summed E-state index contributed by atoms with van der Waals surface area (Å²) >= 11 is 3.56. The van der Waals surface area contributed by atoms with Crippen LogP contribution in [0.25, 0.3) is 22.8 Å². The summed E-state index contributed by atoms with van der Waals surface area (Å²) in [7, 11) is 0. The van der Waals surface area contributed by atoms with Crippen LogP contribution in [-0.2, 0) is 0 Å². The van der Waals surface area contributed by atoms with E-state index in [-0.39, 0.29) is 0 Å². The molecule has 0 N–H and O–H groups in total. The molecule has 0 bridgehead atoms. The van der Waals surface area contributed by atoms with Crippen LogP contribution in [0.15, 0.2) is 47.2 Å². The van der Waals surface area contributed by atoms with Gasteiger partial charge in [0.1, 0.15) is 0 Å². The zero-order valence-electron chi connectivity index (χ0n) is 12.8. The Kier molecular flexibility index (Phi) is 4.03. The normalized spacial score (nSPS) is 10.7. The van der Waals surface area contributed by atoms with E-state index in [0.29, 0.717) is 0 Å². The van der Waals surface area contributed by atoms with Crippen molar-refractivity contribution < 1.29 is 0 Å². The smallest absolute Gasteiger partial charge is 0.0926 e. The van der Waals surface area contributed by atoms with Gasteiger partial charge < -0.3 is 0 Å². The Morgan fingerprint density at radius 2 is 1.68 bits per heavy atom. The lowest BCUT2D eigenvalue weighted by molar-refractivity contribution is 1.16. The maximum atomic E-state index is 4.80. The first-order chi connectivity index (χ1) is 10.6. The number of nitrogens with zero attached hydrogens (tertiary/aromatic N) is 3. The second-order valence-electron chi connectivity index (χ2n) is 5.33. The molecule has 0 amide bonds. The zero-order valence-corrected chi connectivity index (χ0v) is 14.3. The molecule has 0 aliphatic carbocycles. The van der Waals surface area contributed by atoms with Crippen LogP contribution in [0.3, 0.4) is 0 Å². The van der Waals surface area contributed by atoms with Crippen molar-refractivity contribution >= 4 is 15.9 Å². The number of aromatic nitrogens is 3. The molecule has 22 heavy (non-hydrogen) atoms. The molecule has 0 aliphatic heterocycles. The number of hydrogen-bond acceptors (Lipinski definition) is 3. The van der Waals surface area contributed by atoms with Crippen molar-refractivity contribution in [2.24, 2.45) is 0 Å². The SMILES string of the molecule is Cc1cnc(-c2cc(C)c(C)c(-c3ccccn3)n2)cc1Br. The highest BCUT2D eigenvalue weighted by Gasteiger charge is 2.12. The molecule has 0 saturated carbocycles. The number of hydrogen-bond donors (Lipinski definition) is 0. The Hall–Kier alpha value is -2.07. The Bertz CT molecular complexity index is 829. The molecule has 3 nitrogen and oxygen atoms in total. The second kappa shape index (κ2) is 5.97. The van der Waals surface area contributed by atoms with E-state index in [0.717, 1.165) is 38.4 Å². The van der Waals surface area contributed by atoms with Gasteiger partial charge in [-0.05, 0) is 61.7 Å². The summed E-state index contributed by atoms with van der Waals surface area (Å²) < 4.78 is 1.04. The lowest BCUT2D eigenvalue weighted by atomic mass is 10.0. The van der Waals surface area contributed by atoms with Crippen molar-refractivity contribution in [2.75, 3.05) is 0 Å². The lowest BCUT2D eigenvalue weighted by Gasteiger charge is -2.11. The predicted molar refractivity (Wildman–Crippen MR) is 92.6 cm³/mol. The Morgan fingerprint density at radius 1 is 0.864 bits per heavy atom. The van der Waals surface area contributed by atoms with Crippen LogP contribution >= 0.6 is 15.9 Å². The van der Waals surface area contributed by atoms with Gasteiger partial charge in [0, 0.05) is 16.9 Å². The fourth-order valence-corrected chi connectivity index (χ4v) is 2.58. The molecule has 3 aromatic rings. The molecule has 0 aliphatic rings. The third-order valence-electron chi connectivity index (χ3n) is 3.74. The third-order valence-corrected chi connectivity index (χ3v) is 4.59. The van der Waals surface area contributed by atoms with Gasteiger partial charge in [0.15, 0.2) is 0 Å². The number of rotatable bonds is 2. The van der Waals surface area contributed by atoms with E-state index in [4.69, 9.17) is 4.98 Å². The first-order valence-electron chi connectivity index (χ1n) is 7.08. The molecule has 3 rings (SSSR count). The molecule has 3 heterocycles. The second-order valence-corrected chi connectivity index (χ2v) is 6.19. The highest BCUT2D eigenvalue weighted by Crippen LogP contribution is 2.28. The molecule has 0 spiro atoms. The Balaban J connectivity index is 2.18. The fraction of sp³-hybridized carbons (Fsp3) is 0.167. The van der Waals surface area contributed by atoms with Crippen LogP contribution in [0, 0.1) is 20.8 Å². The molecular formula is C18H16BrN3. The first kappa shape index (κ1) is 14.9. The molecule has 0 atom stereocenters. The van der Waals surface area contributed by atoms with E-state index in [1.807, 2.05) is 37.4 Å². The largest absolute Gasteiger partial charge is 0.255 e. The zero-order chi connectivity index (χ0) is 15.7. The highest BCUT2D eigenvalue weighted by molar-refractivity contribution is 9.10. The van der Waals surface area contributed by atoms with E-state index in [2.05, 4.69) is 45.8 Å². The topological polar surface area (TPSA) is 38.7 Å². The quantitative estimate of drug-likeness (QED) is 0.657. The minimum absolute atomic E-state index is 0.859. The van der Waals surface area contributed by atoms with Crippen molar-refractivity contribution in [3.8, 4) is 22.8 Å². The predicted octanol–water partition coefficient (Wildman–Crippen LogP) is 4.89. The molecule has 0 aromatic carbocycles. The summed E-state index contributed by atoms with van der Waals surface area (Å²) in [5.74, 6) is 0. The van der Waals surface area contributed by atoms with E-state index in [9.17, 15) is 0 Å². The average molecular weight is 354 g/mol. The average Bonchev–Trinajstić information content (AvgIpc) is 2.53. The third kappa shape index (κ3) is 2.79. The van der Waals surface area contributed by atoms with E-state index >= 15 is 0 Å². The van der Waals surface area contributed by atoms with Crippen molar-refractivity contribution in [3.63, 3.8) is 0 Å². The lowest BCUT2D eigenvalue weighted by Crippen LogP contribution is -1.98. The van der Waals surface area contributed by atoms with Gasteiger partial charge in [-0.2, -0.15) is 0 Å². The van der Waals surface area contributed by atoms with Gasteiger partial charge in [0.2, 0.25) is 0 Å². The van der Waals surface area contributed by atoms with Gasteiger partial charge in [-0.25, -0.2) is 4.98 Å². The number of pyridine rings is 3. The van der Waals surface area contributed by atoms with E-state index in [1.165, 1.54) is 5.56 Å². The number of halogens is 1.